The number of aromatic nitrogens is 3. The van der Waals surface area contributed by atoms with Gasteiger partial charge in [0.05, 0.1) is 18.0 Å². The Morgan fingerprint density at radius 2 is 2.16 bits per heavy atom. The number of hydrogen-bond acceptors (Lipinski definition) is 7. The summed E-state index contributed by atoms with van der Waals surface area (Å²) in [6.07, 6.45) is 1.73. The smallest absolute Gasteiger partial charge is 0.345 e. The first-order chi connectivity index (χ1) is 14.6. The summed E-state index contributed by atoms with van der Waals surface area (Å²) in [5.41, 5.74) is 5.63. The number of thioether (sulfide) groups is 1. The van der Waals surface area contributed by atoms with Crippen molar-refractivity contribution in [3.63, 3.8) is 0 Å². The van der Waals surface area contributed by atoms with E-state index >= 15 is 0 Å². The lowest BCUT2D eigenvalue weighted by Crippen LogP contribution is -2.36. The number of nitrogens with two attached hydrogens (primary N) is 1. The fourth-order valence-electron chi connectivity index (χ4n) is 3.24. The van der Waals surface area contributed by atoms with Gasteiger partial charge in [0.2, 0.25) is 0 Å². The van der Waals surface area contributed by atoms with E-state index in [9.17, 15) is 22.4 Å². The van der Waals surface area contributed by atoms with Gasteiger partial charge in [0.25, 0.3) is 5.91 Å². The molecule has 2 aromatic rings. The van der Waals surface area contributed by atoms with Crippen LogP contribution in [0.1, 0.15) is 41.8 Å². The predicted octanol–water partition coefficient (Wildman–Crippen LogP) is 3.51. The molecule has 1 aliphatic rings. The summed E-state index contributed by atoms with van der Waals surface area (Å²) in [5, 5.41) is 5.98. The third-order valence-corrected chi connectivity index (χ3v) is 5.49. The van der Waals surface area contributed by atoms with E-state index in [0.29, 0.717) is 22.5 Å². The number of hydrogen-bond donors (Lipinski definition) is 2. The topological polar surface area (TPSA) is 107 Å². The van der Waals surface area contributed by atoms with Crippen molar-refractivity contribution in [2.45, 2.75) is 44.2 Å². The second kappa shape index (κ2) is 9.22. The fraction of sp³-hybridized carbons (Fsp3) is 0.444. The Balaban J connectivity index is 1.81. The van der Waals surface area contributed by atoms with Gasteiger partial charge in [-0.15, -0.1) is 0 Å². The zero-order valence-corrected chi connectivity index (χ0v) is 17.4. The molecule has 3 heterocycles. The van der Waals surface area contributed by atoms with Gasteiger partial charge in [-0.3, -0.25) is 9.78 Å². The van der Waals surface area contributed by atoms with Crippen LogP contribution in [0.25, 0.3) is 0 Å². The van der Waals surface area contributed by atoms with E-state index in [0.717, 1.165) is 11.8 Å². The predicted molar refractivity (Wildman–Crippen MR) is 107 cm³/mol. The third kappa shape index (κ3) is 5.53. The van der Waals surface area contributed by atoms with E-state index in [4.69, 9.17) is 5.73 Å². The molecule has 0 saturated carbocycles. The molecule has 0 spiro atoms. The van der Waals surface area contributed by atoms with Crippen LogP contribution in [0.2, 0.25) is 0 Å². The second-order valence-corrected chi connectivity index (χ2v) is 8.36. The Kier molecular flexibility index (Phi) is 6.84. The molecule has 0 fully saturated rings. The highest BCUT2D eigenvalue weighted by Crippen LogP contribution is 2.39. The van der Waals surface area contributed by atoms with Crippen molar-refractivity contribution in [3.8, 4) is 0 Å². The van der Waals surface area contributed by atoms with Gasteiger partial charge in [-0.25, -0.2) is 4.99 Å². The zero-order valence-electron chi connectivity index (χ0n) is 16.6. The molecule has 0 aliphatic carbocycles. The van der Waals surface area contributed by atoms with Crippen LogP contribution in [0.3, 0.4) is 0 Å². The fourth-order valence-corrected chi connectivity index (χ4v) is 4.39. The van der Waals surface area contributed by atoms with Crippen molar-refractivity contribution in [3.05, 3.63) is 41.5 Å². The quantitative estimate of drug-likeness (QED) is 0.613. The maximum atomic E-state index is 13.1. The van der Waals surface area contributed by atoms with Gasteiger partial charge in [0.1, 0.15) is 11.2 Å². The number of alkyl halides is 4. The molecule has 0 bridgehead atoms. The molecule has 1 amide bonds. The lowest BCUT2D eigenvalue weighted by molar-refractivity contribution is -0.128. The summed E-state index contributed by atoms with van der Waals surface area (Å²) in [6.45, 7) is -2.85. The maximum absolute atomic E-state index is 13.1. The van der Waals surface area contributed by atoms with Crippen LogP contribution in [-0.4, -0.2) is 44.3 Å². The van der Waals surface area contributed by atoms with Gasteiger partial charge in [0, 0.05) is 17.1 Å². The van der Waals surface area contributed by atoms with Gasteiger partial charge in [-0.05, 0) is 38.5 Å². The minimum Gasteiger partial charge on any atom is -0.379 e. The molecule has 31 heavy (non-hydrogen) atoms. The number of aryl methyl sites for hydroxylation is 1. The molecule has 0 saturated heterocycles. The van der Waals surface area contributed by atoms with Gasteiger partial charge in [0.15, 0.2) is 5.17 Å². The number of carbonyl (C=O) groups excluding carboxylic acids is 1. The Hall–Kier alpha value is -2.67. The van der Waals surface area contributed by atoms with Crippen LogP contribution in [0.4, 0.5) is 23.2 Å². The molecule has 2 aromatic heterocycles. The van der Waals surface area contributed by atoms with E-state index in [1.807, 2.05) is 0 Å². The minimum absolute atomic E-state index is 0.198. The number of pyridine rings is 1. The average Bonchev–Trinajstić information content (AvgIpc) is 3.08. The van der Waals surface area contributed by atoms with Crippen LogP contribution < -0.4 is 11.1 Å². The minimum atomic E-state index is -2.97. The summed E-state index contributed by atoms with van der Waals surface area (Å²) in [7, 11) is 0. The Labute approximate surface area is 179 Å². The van der Waals surface area contributed by atoms with Gasteiger partial charge in [-0.2, -0.15) is 27.3 Å². The van der Waals surface area contributed by atoms with E-state index in [1.165, 1.54) is 31.3 Å². The first kappa shape index (κ1) is 23.0. The van der Waals surface area contributed by atoms with E-state index < -0.39 is 24.6 Å². The van der Waals surface area contributed by atoms with Crippen molar-refractivity contribution in [1.82, 2.24) is 14.8 Å². The monoisotopic (exact) mass is 460 g/mol. The first-order valence-electron chi connectivity index (χ1n) is 9.11. The number of amides is 1. The number of anilines is 1. The molecule has 168 valence electrons. The molecule has 1 aliphatic heterocycles. The molecular formula is C18H20F4N6O2S. The highest BCUT2D eigenvalue weighted by molar-refractivity contribution is 8.14. The zero-order chi connectivity index (χ0) is 22.8. The molecule has 13 heteroatoms. The average molecular weight is 460 g/mol. The second-order valence-electron chi connectivity index (χ2n) is 7.04. The number of rotatable bonds is 7. The normalized spacial score (nSPS) is 21.4. The van der Waals surface area contributed by atoms with Crippen LogP contribution in [0.15, 0.2) is 29.4 Å². The Morgan fingerprint density at radius 3 is 2.84 bits per heavy atom. The number of nitrogens with zero attached hydrogens (tertiary/aromatic N) is 4. The summed E-state index contributed by atoms with van der Waals surface area (Å²) >= 11 is 1.14. The van der Waals surface area contributed by atoms with E-state index in [2.05, 4.69) is 25.1 Å². The van der Waals surface area contributed by atoms with Crippen molar-refractivity contribution in [2.24, 2.45) is 10.7 Å². The maximum Gasteiger partial charge on any atom is 0.345 e. The number of carbonyl (C=O) groups is 1. The number of nitrogens with one attached hydrogen (secondary N) is 1. The van der Waals surface area contributed by atoms with Crippen molar-refractivity contribution >= 4 is 28.5 Å². The molecule has 0 aromatic carbocycles. The van der Waals surface area contributed by atoms with Gasteiger partial charge >= 0.3 is 13.2 Å². The summed E-state index contributed by atoms with van der Waals surface area (Å²) in [6, 6.07) is 4.27. The lowest BCUT2D eigenvalue weighted by Gasteiger charge is -2.33. The first-order valence-corrected chi connectivity index (χ1v) is 9.99. The van der Waals surface area contributed by atoms with E-state index in [-0.39, 0.29) is 28.4 Å². The van der Waals surface area contributed by atoms with Gasteiger partial charge in [-0.1, -0.05) is 11.8 Å². The molecular weight excluding hydrogens is 440 g/mol. The standard InChI is InChI=1S/C18H20F4N6O2S/c1-9-5-12(28(27-9)15(19)20)14(29)25-10-3-4-24-13(6-10)18(2)7-11(8-30-16(21)22)31-17(23)26-18/h3-6,11,15-16H,7-8H2,1-2H3,(H2,23,26)(H,24,25,29)/t11-,18-/m0/s1. The highest BCUT2D eigenvalue weighted by atomic mass is 32.2. The molecule has 0 radical (unpaired) electrons. The molecule has 3 rings (SSSR count). The van der Waals surface area contributed by atoms with Gasteiger partial charge < -0.3 is 15.8 Å². The Bertz CT molecular complexity index is 986. The van der Waals surface area contributed by atoms with Crippen LogP contribution in [0.5, 0.6) is 0 Å². The summed E-state index contributed by atoms with van der Waals surface area (Å²) < 4.78 is 55.8. The van der Waals surface area contributed by atoms with Crippen molar-refractivity contribution in [2.75, 3.05) is 11.9 Å². The van der Waals surface area contributed by atoms with Crippen LogP contribution in [-0.2, 0) is 10.3 Å². The number of halogens is 4. The lowest BCUT2D eigenvalue weighted by atomic mass is 9.91. The van der Waals surface area contributed by atoms with Crippen LogP contribution >= 0.6 is 11.8 Å². The third-order valence-electron chi connectivity index (χ3n) is 4.52. The highest BCUT2D eigenvalue weighted by Gasteiger charge is 2.36. The Morgan fingerprint density at radius 1 is 1.42 bits per heavy atom. The van der Waals surface area contributed by atoms with Crippen LogP contribution in [0, 0.1) is 6.92 Å². The number of ether oxygens (including phenoxy) is 1. The summed E-state index contributed by atoms with van der Waals surface area (Å²) in [5.74, 6) is -0.770. The number of amidine groups is 1. The largest absolute Gasteiger partial charge is 0.379 e. The van der Waals surface area contributed by atoms with E-state index in [1.54, 1.807) is 6.92 Å². The SMILES string of the molecule is Cc1cc(C(=O)Nc2ccnc([C@]3(C)C[C@@H](COC(F)F)SC(N)=N3)c2)n(C(F)F)n1. The molecule has 2 atom stereocenters. The van der Waals surface area contributed by atoms with Crippen molar-refractivity contribution in [1.29, 1.82) is 0 Å². The summed E-state index contributed by atoms with van der Waals surface area (Å²) in [4.78, 5) is 21.2. The molecule has 3 N–H and O–H groups in total. The molecule has 0 unspecified atom stereocenters. The molecule has 8 nitrogen and oxygen atoms in total. The number of aliphatic imine (C=N–C) groups is 1. The van der Waals surface area contributed by atoms with Crippen molar-refractivity contribution < 1.29 is 27.1 Å².